The Balaban J connectivity index is 1.28. The summed E-state index contributed by atoms with van der Waals surface area (Å²) in [6.45, 7) is 4.09. The summed E-state index contributed by atoms with van der Waals surface area (Å²) in [5.74, 6) is 2.08. The summed E-state index contributed by atoms with van der Waals surface area (Å²) in [6, 6.07) is 12.4. The molecule has 6 rings (SSSR count). The van der Waals surface area contributed by atoms with Gasteiger partial charge in [-0.2, -0.15) is 10.1 Å². The zero-order valence-electron chi connectivity index (χ0n) is 21.7. The molecule has 1 unspecified atom stereocenters. The molecule has 0 N–H and O–H groups in total. The molecule has 0 amide bonds. The van der Waals surface area contributed by atoms with Crippen LogP contribution >= 0.6 is 0 Å². The van der Waals surface area contributed by atoms with E-state index in [1.54, 1.807) is 20.3 Å². The van der Waals surface area contributed by atoms with E-state index in [0.29, 0.717) is 41.2 Å². The standard InChI is InChI=1S/C28H31N5O4/c1-5-23-22-11-10-17(14-25(22)33(30-23)19-8-6-7-9-19)24-16-28(2,37-31-24)27-29-26(36-32-27)18-12-20(34-3)15-21(13-18)35-4/h10-15,19H,5-9,16H2,1-4H3. The average molecular weight is 502 g/mol. The lowest BCUT2D eigenvalue weighted by Gasteiger charge is -2.16. The largest absolute Gasteiger partial charge is 0.497 e. The molecule has 9 nitrogen and oxygen atoms in total. The highest BCUT2D eigenvalue weighted by Gasteiger charge is 2.41. The van der Waals surface area contributed by atoms with E-state index < -0.39 is 5.60 Å². The Morgan fingerprint density at radius 2 is 1.78 bits per heavy atom. The molecule has 0 radical (unpaired) electrons. The highest BCUT2D eigenvalue weighted by Crippen LogP contribution is 2.38. The van der Waals surface area contributed by atoms with Gasteiger partial charge in [0, 0.05) is 29.0 Å². The first-order chi connectivity index (χ1) is 18.0. The van der Waals surface area contributed by atoms with Crippen LogP contribution < -0.4 is 9.47 Å². The highest BCUT2D eigenvalue weighted by molar-refractivity contribution is 6.04. The van der Waals surface area contributed by atoms with Crippen LogP contribution in [0.3, 0.4) is 0 Å². The molecule has 1 saturated carbocycles. The summed E-state index contributed by atoms with van der Waals surface area (Å²) in [4.78, 5) is 10.6. The SMILES string of the molecule is CCc1nn(C2CCCC2)c2cc(C3=NOC(C)(c4noc(-c5cc(OC)cc(OC)c5)n4)C3)ccc12. The molecule has 4 aromatic rings. The fourth-order valence-electron chi connectivity index (χ4n) is 5.37. The van der Waals surface area contributed by atoms with Gasteiger partial charge in [-0.05, 0) is 44.4 Å². The lowest BCUT2D eigenvalue weighted by molar-refractivity contribution is -0.0159. The molecule has 192 valence electrons. The van der Waals surface area contributed by atoms with Gasteiger partial charge in [0.1, 0.15) is 11.5 Å². The molecule has 2 aromatic carbocycles. The van der Waals surface area contributed by atoms with Crippen molar-refractivity contribution in [2.45, 2.75) is 64.0 Å². The number of aromatic nitrogens is 4. The Kier molecular flexibility index (Phi) is 5.85. The predicted octanol–water partition coefficient (Wildman–Crippen LogP) is 5.82. The van der Waals surface area contributed by atoms with Crippen molar-refractivity contribution in [1.82, 2.24) is 19.9 Å². The van der Waals surface area contributed by atoms with Crippen LogP contribution in [0.25, 0.3) is 22.4 Å². The third-order valence-electron chi connectivity index (χ3n) is 7.48. The van der Waals surface area contributed by atoms with Crippen molar-refractivity contribution in [2.75, 3.05) is 14.2 Å². The quantitative estimate of drug-likeness (QED) is 0.315. The first-order valence-electron chi connectivity index (χ1n) is 12.9. The van der Waals surface area contributed by atoms with Gasteiger partial charge in [-0.3, -0.25) is 4.68 Å². The van der Waals surface area contributed by atoms with Gasteiger partial charge in [0.2, 0.25) is 11.4 Å². The summed E-state index contributed by atoms with van der Waals surface area (Å²) in [7, 11) is 3.20. The fourth-order valence-corrected chi connectivity index (χ4v) is 5.37. The molecular formula is C28H31N5O4. The molecule has 9 heteroatoms. The molecule has 1 atom stereocenters. The number of aryl methyl sites for hydroxylation is 1. The van der Waals surface area contributed by atoms with E-state index in [0.717, 1.165) is 23.4 Å². The molecule has 3 heterocycles. The third kappa shape index (κ3) is 4.12. The maximum atomic E-state index is 5.93. The van der Waals surface area contributed by atoms with Gasteiger partial charge in [0.05, 0.1) is 37.2 Å². The topological polar surface area (TPSA) is 96.8 Å². The maximum absolute atomic E-state index is 5.93. The Bertz CT molecular complexity index is 1460. The smallest absolute Gasteiger partial charge is 0.258 e. The van der Waals surface area contributed by atoms with Crippen LogP contribution in [-0.4, -0.2) is 39.9 Å². The van der Waals surface area contributed by atoms with Crippen molar-refractivity contribution in [1.29, 1.82) is 0 Å². The molecule has 2 aromatic heterocycles. The van der Waals surface area contributed by atoms with Gasteiger partial charge in [-0.1, -0.05) is 42.2 Å². The lowest BCUT2D eigenvalue weighted by Crippen LogP contribution is -2.23. The van der Waals surface area contributed by atoms with Crippen molar-refractivity contribution in [3.05, 3.63) is 53.5 Å². The van der Waals surface area contributed by atoms with E-state index in [2.05, 4.69) is 45.1 Å². The van der Waals surface area contributed by atoms with Crippen molar-refractivity contribution >= 4 is 16.6 Å². The Hall–Kier alpha value is -3.88. The second-order valence-corrected chi connectivity index (χ2v) is 9.98. The molecule has 1 fully saturated rings. The predicted molar refractivity (Wildman–Crippen MR) is 139 cm³/mol. The zero-order valence-corrected chi connectivity index (χ0v) is 21.7. The number of methoxy groups -OCH3 is 2. The van der Waals surface area contributed by atoms with Gasteiger partial charge >= 0.3 is 0 Å². The first kappa shape index (κ1) is 23.5. The Morgan fingerprint density at radius 3 is 2.49 bits per heavy atom. The minimum absolute atomic E-state index is 0.361. The van der Waals surface area contributed by atoms with Crippen LogP contribution in [0.1, 0.15) is 69.1 Å². The van der Waals surface area contributed by atoms with Crippen LogP contribution in [0.4, 0.5) is 0 Å². The number of rotatable bonds is 7. The number of benzene rings is 2. The van der Waals surface area contributed by atoms with Crippen LogP contribution in [0.15, 0.2) is 46.1 Å². The summed E-state index contributed by atoms with van der Waals surface area (Å²) in [5.41, 5.74) is 4.07. The van der Waals surface area contributed by atoms with Gasteiger partial charge < -0.3 is 18.8 Å². The lowest BCUT2D eigenvalue weighted by atomic mass is 9.94. The molecule has 1 aliphatic heterocycles. The van der Waals surface area contributed by atoms with Gasteiger partial charge in [-0.15, -0.1) is 0 Å². The van der Waals surface area contributed by atoms with E-state index in [-0.39, 0.29) is 0 Å². The van der Waals surface area contributed by atoms with Gasteiger partial charge in [-0.25, -0.2) is 0 Å². The van der Waals surface area contributed by atoms with E-state index >= 15 is 0 Å². The van der Waals surface area contributed by atoms with Crippen LogP contribution in [0.5, 0.6) is 11.5 Å². The second-order valence-electron chi connectivity index (χ2n) is 9.98. The molecule has 2 aliphatic rings. The number of fused-ring (bicyclic) bond motifs is 1. The number of nitrogens with zero attached hydrogens (tertiary/aromatic N) is 5. The highest BCUT2D eigenvalue weighted by atomic mass is 16.7. The summed E-state index contributed by atoms with van der Waals surface area (Å²) in [6.07, 6.45) is 6.34. The van der Waals surface area contributed by atoms with Crippen molar-refractivity contribution < 1.29 is 18.8 Å². The molecule has 0 saturated heterocycles. The Morgan fingerprint density at radius 1 is 1.03 bits per heavy atom. The maximum Gasteiger partial charge on any atom is 0.258 e. The molecule has 1 aliphatic carbocycles. The van der Waals surface area contributed by atoms with Crippen molar-refractivity contribution in [3.63, 3.8) is 0 Å². The zero-order chi connectivity index (χ0) is 25.6. The van der Waals surface area contributed by atoms with E-state index in [1.807, 2.05) is 19.1 Å². The second kappa shape index (κ2) is 9.21. The summed E-state index contributed by atoms with van der Waals surface area (Å²) >= 11 is 0. The molecule has 0 spiro atoms. The van der Waals surface area contributed by atoms with Gasteiger partial charge in [0.25, 0.3) is 5.89 Å². The molecule has 0 bridgehead atoms. The average Bonchev–Trinajstić information content (AvgIpc) is 3.73. The van der Waals surface area contributed by atoms with E-state index in [9.17, 15) is 0 Å². The molecular weight excluding hydrogens is 470 g/mol. The Labute approximate surface area is 215 Å². The van der Waals surface area contributed by atoms with Crippen LogP contribution in [-0.2, 0) is 16.9 Å². The normalized spacial score (nSPS) is 19.8. The van der Waals surface area contributed by atoms with E-state index in [1.165, 1.54) is 36.6 Å². The molecule has 37 heavy (non-hydrogen) atoms. The van der Waals surface area contributed by atoms with Crippen LogP contribution in [0, 0.1) is 0 Å². The fraction of sp³-hybridized carbons (Fsp3) is 0.429. The number of oxime groups is 1. The first-order valence-corrected chi connectivity index (χ1v) is 12.9. The monoisotopic (exact) mass is 501 g/mol. The van der Waals surface area contributed by atoms with E-state index in [4.69, 9.17) is 23.9 Å². The van der Waals surface area contributed by atoms with Crippen LogP contribution in [0.2, 0.25) is 0 Å². The third-order valence-corrected chi connectivity index (χ3v) is 7.48. The minimum atomic E-state index is -0.838. The van der Waals surface area contributed by atoms with Crippen molar-refractivity contribution in [3.8, 4) is 23.0 Å². The summed E-state index contributed by atoms with van der Waals surface area (Å²) < 4.78 is 18.6. The number of hydrogen-bond acceptors (Lipinski definition) is 8. The van der Waals surface area contributed by atoms with Gasteiger partial charge in [0.15, 0.2) is 0 Å². The minimum Gasteiger partial charge on any atom is -0.497 e. The summed E-state index contributed by atoms with van der Waals surface area (Å²) in [5, 5.41) is 14.9. The number of hydrogen-bond donors (Lipinski definition) is 0. The number of ether oxygens (including phenoxy) is 2. The van der Waals surface area contributed by atoms with Crippen molar-refractivity contribution in [2.24, 2.45) is 5.16 Å².